The van der Waals surface area contributed by atoms with Gasteiger partial charge in [-0.3, -0.25) is 4.90 Å². The molecule has 0 spiro atoms. The monoisotopic (exact) mass is 274 g/mol. The maximum Gasteiger partial charge on any atom is 0.404 e. The second-order valence-corrected chi connectivity index (χ2v) is 4.84. The Hall–Kier alpha value is -1.50. The van der Waals surface area contributed by atoms with Crippen LogP contribution >= 0.6 is 0 Å². The molecule has 0 aliphatic heterocycles. The third kappa shape index (κ3) is 9.12. The molecule has 0 bridgehead atoms. The molecular weight excluding hydrogens is 248 g/mol. The molecule has 0 aromatic heterocycles. The molecule has 0 radical (unpaired) electrons. The molecule has 0 fully saturated rings. The van der Waals surface area contributed by atoms with E-state index < -0.39 is 6.09 Å². The van der Waals surface area contributed by atoms with Crippen molar-refractivity contribution in [1.29, 1.82) is 0 Å². The van der Waals surface area contributed by atoms with E-state index in [4.69, 9.17) is 5.11 Å². The minimum atomic E-state index is -1.09. The van der Waals surface area contributed by atoms with Gasteiger partial charge in [-0.2, -0.15) is 0 Å². The van der Waals surface area contributed by atoms with Crippen LogP contribution in [0.1, 0.15) is 27.7 Å². The number of carboxylic acid groups (broad SMARTS) is 1. The minimum Gasteiger partial charge on any atom is -0.465 e. The lowest BCUT2D eigenvalue weighted by atomic mass is 10.2. The Kier molecular flexibility index (Phi) is 8.69. The summed E-state index contributed by atoms with van der Waals surface area (Å²) in [5.74, 6) is 0. The SMILES string of the molecule is CC(C)N(CCNC(=O)NCCNC(=O)O)C(C)C. The molecule has 0 saturated heterocycles. The number of amides is 3. The van der Waals surface area contributed by atoms with Gasteiger partial charge in [0, 0.05) is 38.3 Å². The first-order valence-corrected chi connectivity index (χ1v) is 6.58. The molecule has 0 rings (SSSR count). The lowest BCUT2D eigenvalue weighted by Gasteiger charge is -2.30. The topological polar surface area (TPSA) is 93.7 Å². The Morgan fingerprint density at radius 3 is 1.89 bits per heavy atom. The fourth-order valence-electron chi connectivity index (χ4n) is 1.82. The molecule has 4 N–H and O–H groups in total. The summed E-state index contributed by atoms with van der Waals surface area (Å²) in [6, 6.07) is 0.592. The molecule has 7 heteroatoms. The third-order valence-electron chi connectivity index (χ3n) is 2.67. The standard InChI is InChI=1S/C12H26N4O3/c1-9(2)16(10(3)4)8-7-14-11(17)13-5-6-15-12(18)19/h9-10,15H,5-8H2,1-4H3,(H,18,19)(H2,13,14,17). The third-order valence-corrected chi connectivity index (χ3v) is 2.67. The zero-order valence-electron chi connectivity index (χ0n) is 12.2. The summed E-state index contributed by atoms with van der Waals surface area (Å²) in [6.45, 7) is 10.3. The number of carbonyl (C=O) groups excluding carboxylic acids is 1. The van der Waals surface area contributed by atoms with Crippen molar-refractivity contribution < 1.29 is 14.7 Å². The molecule has 3 amide bonds. The first kappa shape index (κ1) is 17.5. The first-order valence-electron chi connectivity index (χ1n) is 6.58. The Labute approximate surface area is 114 Å². The van der Waals surface area contributed by atoms with E-state index in [0.717, 1.165) is 6.54 Å². The van der Waals surface area contributed by atoms with Gasteiger partial charge in [-0.15, -0.1) is 0 Å². The van der Waals surface area contributed by atoms with Gasteiger partial charge in [0.15, 0.2) is 0 Å². The van der Waals surface area contributed by atoms with E-state index in [-0.39, 0.29) is 19.1 Å². The Bertz CT molecular complexity index is 274. The summed E-state index contributed by atoms with van der Waals surface area (Å²) in [7, 11) is 0. The smallest absolute Gasteiger partial charge is 0.404 e. The molecule has 0 atom stereocenters. The highest BCUT2D eigenvalue weighted by molar-refractivity contribution is 5.73. The van der Waals surface area contributed by atoms with Crippen molar-refractivity contribution in [3.63, 3.8) is 0 Å². The van der Waals surface area contributed by atoms with Crippen molar-refractivity contribution >= 4 is 12.1 Å². The number of hydrogen-bond acceptors (Lipinski definition) is 3. The molecule has 19 heavy (non-hydrogen) atoms. The predicted molar refractivity (Wildman–Crippen MR) is 74.4 cm³/mol. The highest BCUT2D eigenvalue weighted by Crippen LogP contribution is 2.02. The highest BCUT2D eigenvalue weighted by Gasteiger charge is 2.12. The van der Waals surface area contributed by atoms with Gasteiger partial charge in [-0.1, -0.05) is 0 Å². The maximum atomic E-state index is 11.4. The Morgan fingerprint density at radius 1 is 0.947 bits per heavy atom. The van der Waals surface area contributed by atoms with Gasteiger partial charge in [0.25, 0.3) is 0 Å². The van der Waals surface area contributed by atoms with Crippen LogP contribution in [-0.4, -0.2) is 60.4 Å². The van der Waals surface area contributed by atoms with Gasteiger partial charge in [0.2, 0.25) is 0 Å². The van der Waals surface area contributed by atoms with Gasteiger partial charge >= 0.3 is 12.1 Å². The number of rotatable bonds is 8. The van der Waals surface area contributed by atoms with Crippen LogP contribution in [0, 0.1) is 0 Å². The van der Waals surface area contributed by atoms with E-state index in [1.54, 1.807) is 0 Å². The van der Waals surface area contributed by atoms with E-state index in [1.165, 1.54) is 0 Å². The van der Waals surface area contributed by atoms with Crippen LogP contribution in [0.25, 0.3) is 0 Å². The van der Waals surface area contributed by atoms with E-state index in [2.05, 4.69) is 48.5 Å². The van der Waals surface area contributed by atoms with Gasteiger partial charge in [-0.25, -0.2) is 9.59 Å². The van der Waals surface area contributed by atoms with Gasteiger partial charge < -0.3 is 21.1 Å². The average molecular weight is 274 g/mol. The maximum absolute atomic E-state index is 11.4. The molecule has 7 nitrogen and oxygen atoms in total. The van der Waals surface area contributed by atoms with Crippen LogP contribution < -0.4 is 16.0 Å². The summed E-state index contributed by atoms with van der Waals surface area (Å²) in [6.07, 6.45) is -1.09. The summed E-state index contributed by atoms with van der Waals surface area (Å²) >= 11 is 0. The number of carbonyl (C=O) groups is 2. The molecule has 0 saturated carbocycles. The summed E-state index contributed by atoms with van der Waals surface area (Å²) < 4.78 is 0. The van der Waals surface area contributed by atoms with Crippen molar-refractivity contribution in [2.75, 3.05) is 26.2 Å². The normalized spacial score (nSPS) is 10.9. The van der Waals surface area contributed by atoms with Crippen molar-refractivity contribution in [2.24, 2.45) is 0 Å². The fourth-order valence-corrected chi connectivity index (χ4v) is 1.82. The van der Waals surface area contributed by atoms with E-state index in [9.17, 15) is 9.59 Å². The fraction of sp³-hybridized carbons (Fsp3) is 0.833. The number of urea groups is 1. The van der Waals surface area contributed by atoms with Crippen LogP contribution in [0.15, 0.2) is 0 Å². The zero-order valence-corrected chi connectivity index (χ0v) is 12.2. The number of hydrogen-bond donors (Lipinski definition) is 4. The molecule has 0 aromatic carbocycles. The van der Waals surface area contributed by atoms with Crippen molar-refractivity contribution in [1.82, 2.24) is 20.9 Å². The average Bonchev–Trinajstić information content (AvgIpc) is 2.29. The minimum absolute atomic E-state index is 0.201. The lowest BCUT2D eigenvalue weighted by Crippen LogP contribution is -2.45. The summed E-state index contributed by atoms with van der Waals surface area (Å²) in [5.41, 5.74) is 0. The molecule has 112 valence electrons. The van der Waals surface area contributed by atoms with Crippen molar-refractivity contribution in [3.8, 4) is 0 Å². The number of nitrogens with one attached hydrogen (secondary N) is 3. The van der Waals surface area contributed by atoms with Crippen LogP contribution in [-0.2, 0) is 0 Å². The van der Waals surface area contributed by atoms with Crippen molar-refractivity contribution in [2.45, 2.75) is 39.8 Å². The molecule has 0 unspecified atom stereocenters. The largest absolute Gasteiger partial charge is 0.465 e. The van der Waals surface area contributed by atoms with Crippen LogP contribution in [0.5, 0.6) is 0 Å². The second-order valence-electron chi connectivity index (χ2n) is 4.84. The highest BCUT2D eigenvalue weighted by atomic mass is 16.4. The lowest BCUT2D eigenvalue weighted by molar-refractivity contribution is 0.175. The molecule has 0 heterocycles. The van der Waals surface area contributed by atoms with Crippen LogP contribution in [0.4, 0.5) is 9.59 Å². The summed E-state index contributed by atoms with van der Waals surface area (Å²) in [4.78, 5) is 23.9. The van der Waals surface area contributed by atoms with Crippen LogP contribution in [0.3, 0.4) is 0 Å². The molecular formula is C12H26N4O3. The summed E-state index contributed by atoms with van der Waals surface area (Å²) in [5, 5.41) is 15.8. The molecule has 0 aliphatic carbocycles. The van der Waals surface area contributed by atoms with Gasteiger partial charge in [0.1, 0.15) is 0 Å². The van der Waals surface area contributed by atoms with Gasteiger partial charge in [0.05, 0.1) is 0 Å². The quantitative estimate of drug-likeness (QED) is 0.489. The van der Waals surface area contributed by atoms with Gasteiger partial charge in [-0.05, 0) is 27.7 Å². The molecule has 0 aliphatic rings. The van der Waals surface area contributed by atoms with Crippen molar-refractivity contribution in [3.05, 3.63) is 0 Å². The molecule has 0 aromatic rings. The van der Waals surface area contributed by atoms with E-state index in [0.29, 0.717) is 18.6 Å². The number of nitrogens with zero attached hydrogens (tertiary/aromatic N) is 1. The van der Waals surface area contributed by atoms with Crippen LogP contribution in [0.2, 0.25) is 0 Å². The second kappa shape index (κ2) is 9.43. The Morgan fingerprint density at radius 2 is 1.42 bits per heavy atom. The van der Waals surface area contributed by atoms with E-state index in [1.807, 2.05) is 0 Å². The predicted octanol–water partition coefficient (Wildman–Crippen LogP) is 0.672. The first-order chi connectivity index (χ1) is 8.84. The Balaban J connectivity index is 3.70. The van der Waals surface area contributed by atoms with E-state index >= 15 is 0 Å². The zero-order chi connectivity index (χ0) is 14.8.